The zero-order valence-electron chi connectivity index (χ0n) is 22.9. The summed E-state index contributed by atoms with van der Waals surface area (Å²) in [5.74, 6) is 1.38. The topological polar surface area (TPSA) is 102 Å². The van der Waals surface area contributed by atoms with Gasteiger partial charge in [-0.25, -0.2) is 4.68 Å². The first kappa shape index (κ1) is 26.2. The zero-order chi connectivity index (χ0) is 27.6. The van der Waals surface area contributed by atoms with Crippen LogP contribution >= 0.6 is 0 Å². The molecule has 1 unspecified atom stereocenters. The van der Waals surface area contributed by atoms with Crippen LogP contribution in [0.15, 0.2) is 77.9 Å². The number of rotatable bonds is 8. The van der Waals surface area contributed by atoms with Crippen LogP contribution in [0.1, 0.15) is 54.9 Å². The predicted molar refractivity (Wildman–Crippen MR) is 150 cm³/mol. The Morgan fingerprint density at radius 2 is 1.79 bits per heavy atom. The molecule has 0 aliphatic heterocycles. The Morgan fingerprint density at radius 3 is 2.49 bits per heavy atom. The van der Waals surface area contributed by atoms with E-state index in [-0.39, 0.29) is 5.56 Å². The molecule has 9 nitrogen and oxygen atoms in total. The lowest BCUT2D eigenvalue weighted by Crippen LogP contribution is -2.37. The third kappa shape index (κ3) is 5.58. The van der Waals surface area contributed by atoms with E-state index in [1.807, 2.05) is 99.2 Å². The van der Waals surface area contributed by atoms with Crippen molar-refractivity contribution in [3.05, 3.63) is 111 Å². The molecule has 0 spiro atoms. The number of pyridine rings is 2. The van der Waals surface area contributed by atoms with Crippen LogP contribution in [0, 0.1) is 6.92 Å². The highest BCUT2D eigenvalue weighted by atomic mass is 16.5. The summed E-state index contributed by atoms with van der Waals surface area (Å²) in [6.07, 6.45) is 3.60. The van der Waals surface area contributed by atoms with E-state index in [2.05, 4.69) is 30.4 Å². The second-order valence-electron chi connectivity index (χ2n) is 10.7. The lowest BCUT2D eigenvalue weighted by molar-refractivity contribution is 0.184. The lowest BCUT2D eigenvalue weighted by atomic mass is 9.99. The van der Waals surface area contributed by atoms with Crippen LogP contribution in [0.25, 0.3) is 10.9 Å². The lowest BCUT2D eigenvalue weighted by Gasteiger charge is -2.33. The van der Waals surface area contributed by atoms with Crippen molar-refractivity contribution in [1.29, 1.82) is 0 Å². The smallest absolute Gasteiger partial charge is 0.253 e. The molecule has 0 aliphatic carbocycles. The zero-order valence-corrected chi connectivity index (χ0v) is 22.9. The van der Waals surface area contributed by atoms with E-state index >= 15 is 0 Å². The standard InChI is InChI=1S/C30H33N7O2/c1-20-8-6-10-23-16-25(29(38)32-26(20)23)27(28-33-34-35-37(28)30(2,3)4)36(19-22-9-7-15-31-17-22)18-21-11-13-24(39-5)14-12-21/h6-17,27H,18-19H2,1-5H3,(H,32,38). The number of para-hydroxylation sites is 1. The van der Waals surface area contributed by atoms with Gasteiger partial charge in [-0.2, -0.15) is 0 Å². The Kier molecular flexibility index (Phi) is 7.26. The largest absolute Gasteiger partial charge is 0.497 e. The van der Waals surface area contributed by atoms with Crippen molar-refractivity contribution in [2.24, 2.45) is 0 Å². The minimum Gasteiger partial charge on any atom is -0.497 e. The molecule has 0 saturated carbocycles. The van der Waals surface area contributed by atoms with Crippen LogP contribution < -0.4 is 10.3 Å². The Balaban J connectivity index is 1.72. The third-order valence-electron chi connectivity index (χ3n) is 6.80. The Morgan fingerprint density at radius 1 is 1.03 bits per heavy atom. The second-order valence-corrected chi connectivity index (χ2v) is 10.7. The summed E-state index contributed by atoms with van der Waals surface area (Å²) in [5.41, 5.74) is 3.91. The Hall–Kier alpha value is -4.37. The number of aromatic nitrogens is 6. The van der Waals surface area contributed by atoms with E-state index in [0.29, 0.717) is 24.5 Å². The highest BCUT2D eigenvalue weighted by molar-refractivity contribution is 5.82. The molecule has 3 aromatic heterocycles. The number of ether oxygens (including phenoxy) is 1. The van der Waals surface area contributed by atoms with E-state index in [0.717, 1.165) is 33.3 Å². The van der Waals surface area contributed by atoms with Gasteiger partial charge in [-0.3, -0.25) is 14.7 Å². The third-order valence-corrected chi connectivity index (χ3v) is 6.80. The summed E-state index contributed by atoms with van der Waals surface area (Å²) in [6, 6.07) is 19.3. The van der Waals surface area contributed by atoms with Crippen molar-refractivity contribution < 1.29 is 4.74 Å². The molecule has 0 saturated heterocycles. The molecule has 0 bridgehead atoms. The molecule has 3 heterocycles. The van der Waals surface area contributed by atoms with Crippen LogP contribution in [0.4, 0.5) is 0 Å². The van der Waals surface area contributed by atoms with Gasteiger partial charge < -0.3 is 9.72 Å². The van der Waals surface area contributed by atoms with E-state index in [4.69, 9.17) is 4.74 Å². The fraction of sp³-hybridized carbons (Fsp3) is 0.300. The maximum absolute atomic E-state index is 13.8. The number of aromatic amines is 1. The number of hydrogen-bond donors (Lipinski definition) is 1. The molecule has 9 heteroatoms. The Bertz CT molecular complexity index is 1620. The van der Waals surface area contributed by atoms with Gasteiger partial charge in [0.1, 0.15) is 11.8 Å². The molecule has 0 aliphatic rings. The minimum atomic E-state index is -0.546. The molecule has 0 radical (unpaired) electrons. The second kappa shape index (κ2) is 10.8. The average molecular weight is 524 g/mol. The van der Waals surface area contributed by atoms with Crippen molar-refractivity contribution in [3.63, 3.8) is 0 Å². The van der Waals surface area contributed by atoms with Crippen LogP contribution in [0.3, 0.4) is 0 Å². The average Bonchev–Trinajstić information content (AvgIpc) is 3.41. The summed E-state index contributed by atoms with van der Waals surface area (Å²) < 4.78 is 7.18. The number of H-pyrrole nitrogens is 1. The van der Waals surface area contributed by atoms with Crippen LogP contribution in [0.5, 0.6) is 5.75 Å². The first-order valence-corrected chi connectivity index (χ1v) is 12.9. The van der Waals surface area contributed by atoms with Crippen molar-refractivity contribution in [2.45, 2.75) is 52.4 Å². The highest BCUT2D eigenvalue weighted by Gasteiger charge is 2.33. The maximum atomic E-state index is 13.8. The van der Waals surface area contributed by atoms with E-state index < -0.39 is 11.6 Å². The van der Waals surface area contributed by atoms with Gasteiger partial charge in [0.15, 0.2) is 5.82 Å². The molecular weight excluding hydrogens is 490 g/mol. The summed E-state index contributed by atoms with van der Waals surface area (Å²) in [6.45, 7) is 9.19. The number of tetrazole rings is 1. The van der Waals surface area contributed by atoms with Gasteiger partial charge in [0.2, 0.25) is 0 Å². The van der Waals surface area contributed by atoms with Crippen molar-refractivity contribution in [1.82, 2.24) is 35.1 Å². The summed E-state index contributed by atoms with van der Waals surface area (Å²) in [7, 11) is 1.65. The Labute approximate surface area is 227 Å². The number of nitrogens with one attached hydrogen (secondary N) is 1. The number of nitrogens with zero attached hydrogens (tertiary/aromatic N) is 6. The van der Waals surface area contributed by atoms with Gasteiger partial charge in [-0.1, -0.05) is 36.4 Å². The van der Waals surface area contributed by atoms with Gasteiger partial charge in [0.25, 0.3) is 5.56 Å². The minimum absolute atomic E-state index is 0.170. The maximum Gasteiger partial charge on any atom is 0.253 e. The number of methoxy groups -OCH3 is 1. The molecule has 2 aromatic carbocycles. The van der Waals surface area contributed by atoms with Gasteiger partial charge in [0, 0.05) is 31.0 Å². The van der Waals surface area contributed by atoms with Crippen molar-refractivity contribution in [3.8, 4) is 5.75 Å². The first-order chi connectivity index (χ1) is 18.7. The van der Waals surface area contributed by atoms with Crippen LogP contribution in [-0.4, -0.2) is 42.2 Å². The molecule has 5 rings (SSSR count). The van der Waals surface area contributed by atoms with Crippen LogP contribution in [-0.2, 0) is 18.6 Å². The predicted octanol–water partition coefficient (Wildman–Crippen LogP) is 4.77. The van der Waals surface area contributed by atoms with Gasteiger partial charge >= 0.3 is 0 Å². The summed E-state index contributed by atoms with van der Waals surface area (Å²) in [4.78, 5) is 23.5. The van der Waals surface area contributed by atoms with Gasteiger partial charge in [-0.05, 0) is 84.5 Å². The van der Waals surface area contributed by atoms with Gasteiger partial charge in [0.05, 0.1) is 18.2 Å². The highest BCUT2D eigenvalue weighted by Crippen LogP contribution is 2.32. The normalized spacial score (nSPS) is 12.7. The molecule has 0 fully saturated rings. The van der Waals surface area contributed by atoms with E-state index in [9.17, 15) is 4.79 Å². The van der Waals surface area contributed by atoms with Crippen LogP contribution in [0.2, 0.25) is 0 Å². The number of benzene rings is 2. The molecular formula is C30H33N7O2. The SMILES string of the molecule is COc1ccc(CN(Cc2cccnc2)C(c2cc3cccc(C)c3[nH]c2=O)c2nnnn2C(C)(C)C)cc1. The fourth-order valence-electron chi connectivity index (χ4n) is 4.87. The molecule has 200 valence electrons. The fourth-order valence-corrected chi connectivity index (χ4v) is 4.87. The number of aryl methyl sites for hydroxylation is 1. The number of hydrogen-bond acceptors (Lipinski definition) is 7. The number of fused-ring (bicyclic) bond motifs is 1. The first-order valence-electron chi connectivity index (χ1n) is 12.9. The molecule has 1 atom stereocenters. The van der Waals surface area contributed by atoms with Crippen molar-refractivity contribution in [2.75, 3.05) is 7.11 Å². The quantitative estimate of drug-likeness (QED) is 0.312. The van der Waals surface area contributed by atoms with E-state index in [1.54, 1.807) is 13.3 Å². The monoisotopic (exact) mass is 523 g/mol. The molecule has 0 amide bonds. The van der Waals surface area contributed by atoms with E-state index in [1.165, 1.54) is 0 Å². The molecule has 5 aromatic rings. The summed E-state index contributed by atoms with van der Waals surface area (Å²) in [5, 5.41) is 13.9. The summed E-state index contributed by atoms with van der Waals surface area (Å²) >= 11 is 0. The molecule has 1 N–H and O–H groups in total. The molecule has 39 heavy (non-hydrogen) atoms. The van der Waals surface area contributed by atoms with Gasteiger partial charge in [-0.15, -0.1) is 5.10 Å². The van der Waals surface area contributed by atoms with Crippen molar-refractivity contribution >= 4 is 10.9 Å².